The lowest BCUT2D eigenvalue weighted by atomic mass is 10.0. The first-order valence-corrected chi connectivity index (χ1v) is 8.16. The molecule has 0 amide bonds. The van der Waals surface area contributed by atoms with Crippen LogP contribution in [-0.4, -0.2) is 27.4 Å². The van der Waals surface area contributed by atoms with Crippen LogP contribution in [0.3, 0.4) is 0 Å². The second-order valence-corrected chi connectivity index (χ2v) is 6.09. The Bertz CT molecular complexity index is 925. The Hall–Kier alpha value is -2.77. The molecule has 128 valence electrons. The fourth-order valence-electron chi connectivity index (χ4n) is 3.02. The molecule has 1 aliphatic heterocycles. The van der Waals surface area contributed by atoms with Crippen molar-refractivity contribution in [3.05, 3.63) is 82.3 Å². The summed E-state index contributed by atoms with van der Waals surface area (Å²) in [4.78, 5) is 12.5. The minimum atomic E-state index is -0.328. The van der Waals surface area contributed by atoms with Gasteiger partial charge in [-0.2, -0.15) is 9.78 Å². The molecule has 1 aliphatic rings. The number of benzene rings is 2. The molecule has 0 aliphatic carbocycles. The van der Waals surface area contributed by atoms with E-state index in [1.165, 1.54) is 27.2 Å². The summed E-state index contributed by atoms with van der Waals surface area (Å²) in [6, 6.07) is 14.2. The lowest BCUT2D eigenvalue weighted by molar-refractivity contribution is 0.595. The zero-order valence-electron chi connectivity index (χ0n) is 13.5. The van der Waals surface area contributed by atoms with Crippen molar-refractivity contribution in [3.8, 4) is 5.69 Å². The van der Waals surface area contributed by atoms with Crippen molar-refractivity contribution in [3.63, 3.8) is 0 Å². The Morgan fingerprint density at radius 2 is 1.80 bits per heavy atom. The topological polar surface area (TPSA) is 63.9 Å². The van der Waals surface area contributed by atoms with Gasteiger partial charge in [0.25, 0.3) is 0 Å². The molecule has 2 N–H and O–H groups in total. The second kappa shape index (κ2) is 6.62. The monoisotopic (exact) mass is 339 g/mol. The highest BCUT2D eigenvalue weighted by atomic mass is 19.1. The van der Waals surface area contributed by atoms with E-state index >= 15 is 0 Å². The molecule has 0 unspecified atom stereocenters. The predicted molar refractivity (Wildman–Crippen MR) is 92.1 cm³/mol. The summed E-state index contributed by atoms with van der Waals surface area (Å²) in [7, 11) is 0. The zero-order chi connectivity index (χ0) is 17.2. The molecule has 3 aromatic rings. The smallest absolute Gasteiger partial charge is 0.277 e. The Labute approximate surface area is 143 Å². The fourth-order valence-corrected chi connectivity index (χ4v) is 3.02. The van der Waals surface area contributed by atoms with E-state index in [-0.39, 0.29) is 18.1 Å². The van der Waals surface area contributed by atoms with Crippen LogP contribution in [0.2, 0.25) is 0 Å². The van der Waals surface area contributed by atoms with Crippen molar-refractivity contribution < 1.29 is 4.39 Å². The van der Waals surface area contributed by atoms with Crippen LogP contribution in [0.1, 0.15) is 17.0 Å². The summed E-state index contributed by atoms with van der Waals surface area (Å²) < 4.78 is 16.5. The van der Waals surface area contributed by atoms with Crippen LogP contribution in [0.15, 0.2) is 59.7 Å². The molecule has 25 heavy (non-hydrogen) atoms. The summed E-state index contributed by atoms with van der Waals surface area (Å²) in [5.41, 5.74) is 8.28. The molecule has 4 rings (SSSR count). The summed E-state index contributed by atoms with van der Waals surface area (Å²) >= 11 is 0. The first-order chi connectivity index (χ1) is 12.2. The van der Waals surface area contributed by atoms with Gasteiger partial charge >= 0.3 is 5.69 Å². The first-order valence-electron chi connectivity index (χ1n) is 8.16. The van der Waals surface area contributed by atoms with Crippen molar-refractivity contribution in [2.45, 2.75) is 12.5 Å². The normalized spacial score (nSPS) is 14.9. The maximum absolute atomic E-state index is 13.8. The van der Waals surface area contributed by atoms with Gasteiger partial charge in [0.15, 0.2) is 0 Å². The third-order valence-corrected chi connectivity index (χ3v) is 4.46. The van der Waals surface area contributed by atoms with Gasteiger partial charge < -0.3 is 0 Å². The first kappa shape index (κ1) is 15.7. The van der Waals surface area contributed by atoms with Crippen LogP contribution in [0.25, 0.3) is 5.69 Å². The van der Waals surface area contributed by atoms with Crippen LogP contribution in [0.5, 0.6) is 0 Å². The van der Waals surface area contributed by atoms with Gasteiger partial charge in [-0.25, -0.2) is 9.18 Å². The predicted octanol–water partition coefficient (Wildman–Crippen LogP) is 1.41. The van der Waals surface area contributed by atoms with E-state index in [1.54, 1.807) is 18.2 Å². The highest BCUT2D eigenvalue weighted by Crippen LogP contribution is 2.18. The third kappa shape index (κ3) is 3.11. The molecule has 2 aromatic carbocycles. The van der Waals surface area contributed by atoms with Gasteiger partial charge in [-0.15, -0.1) is 0 Å². The number of hydrazine groups is 1. The molecule has 0 bridgehead atoms. The average molecular weight is 339 g/mol. The Balaban J connectivity index is 1.58. The molecular formula is C18H18FN5O. The standard InChI is InChI=1S/C18H18FN5O/c19-17-4-2-1-3-14(17)11-23-12-22-24(18(23)25)16-7-5-13(6-8-16)15-9-20-21-10-15/h1-8,12,15,20-21H,9-11H2. The van der Waals surface area contributed by atoms with E-state index in [2.05, 4.69) is 16.0 Å². The zero-order valence-corrected chi connectivity index (χ0v) is 13.5. The Kier molecular flexibility index (Phi) is 4.17. The number of nitrogens with zero attached hydrogens (tertiary/aromatic N) is 3. The van der Waals surface area contributed by atoms with Gasteiger partial charge in [0.1, 0.15) is 12.1 Å². The van der Waals surface area contributed by atoms with Crippen LogP contribution in [0.4, 0.5) is 4.39 Å². The maximum Gasteiger partial charge on any atom is 0.350 e. The molecular weight excluding hydrogens is 321 g/mol. The van der Waals surface area contributed by atoms with Crippen molar-refractivity contribution >= 4 is 0 Å². The molecule has 0 spiro atoms. The van der Waals surface area contributed by atoms with Crippen molar-refractivity contribution in [2.24, 2.45) is 0 Å². The summed E-state index contributed by atoms with van der Waals surface area (Å²) in [6.45, 7) is 1.93. The number of aromatic nitrogens is 3. The quantitative estimate of drug-likeness (QED) is 0.754. The molecule has 1 aromatic heterocycles. The summed E-state index contributed by atoms with van der Waals surface area (Å²) in [5, 5.41) is 4.16. The molecule has 1 saturated heterocycles. The van der Waals surface area contributed by atoms with Crippen LogP contribution >= 0.6 is 0 Å². The summed E-state index contributed by atoms with van der Waals surface area (Å²) in [6.07, 6.45) is 1.44. The fraction of sp³-hybridized carbons (Fsp3) is 0.222. The van der Waals surface area contributed by atoms with E-state index in [0.717, 1.165) is 13.1 Å². The van der Waals surface area contributed by atoms with Crippen LogP contribution in [-0.2, 0) is 6.54 Å². The van der Waals surface area contributed by atoms with Crippen molar-refractivity contribution in [1.82, 2.24) is 25.2 Å². The van der Waals surface area contributed by atoms with E-state index in [0.29, 0.717) is 17.2 Å². The van der Waals surface area contributed by atoms with Crippen LogP contribution in [0, 0.1) is 5.82 Å². The number of rotatable bonds is 4. The SMILES string of the molecule is O=c1n(Cc2ccccc2F)cnn1-c1ccc(C2CNNC2)cc1. The minimum absolute atomic E-state index is 0.156. The van der Waals surface area contributed by atoms with Crippen molar-refractivity contribution in [2.75, 3.05) is 13.1 Å². The average Bonchev–Trinajstić information content (AvgIpc) is 3.28. The largest absolute Gasteiger partial charge is 0.350 e. The van der Waals surface area contributed by atoms with Gasteiger partial charge in [0, 0.05) is 24.6 Å². The lowest BCUT2D eigenvalue weighted by Crippen LogP contribution is -2.24. The molecule has 0 radical (unpaired) electrons. The molecule has 2 heterocycles. The highest BCUT2D eigenvalue weighted by Gasteiger charge is 2.16. The van der Waals surface area contributed by atoms with Gasteiger partial charge in [-0.3, -0.25) is 15.4 Å². The summed E-state index contributed by atoms with van der Waals surface area (Å²) in [5.74, 6) is 0.0923. The number of hydrogen-bond acceptors (Lipinski definition) is 4. The van der Waals surface area contributed by atoms with E-state index in [1.807, 2.05) is 24.3 Å². The molecule has 1 fully saturated rings. The molecule has 6 nitrogen and oxygen atoms in total. The minimum Gasteiger partial charge on any atom is -0.277 e. The van der Waals surface area contributed by atoms with Gasteiger partial charge in [-0.05, 0) is 23.8 Å². The van der Waals surface area contributed by atoms with Crippen LogP contribution < -0.4 is 16.5 Å². The molecule has 0 atom stereocenters. The van der Waals surface area contributed by atoms with Gasteiger partial charge in [0.2, 0.25) is 0 Å². The Morgan fingerprint density at radius 3 is 2.52 bits per heavy atom. The van der Waals surface area contributed by atoms with Crippen molar-refractivity contribution in [1.29, 1.82) is 0 Å². The number of hydrogen-bond donors (Lipinski definition) is 2. The lowest BCUT2D eigenvalue weighted by Gasteiger charge is -2.08. The third-order valence-electron chi connectivity index (χ3n) is 4.46. The van der Waals surface area contributed by atoms with Gasteiger partial charge in [0.05, 0.1) is 12.2 Å². The van der Waals surface area contributed by atoms with Gasteiger partial charge in [-0.1, -0.05) is 30.3 Å². The van der Waals surface area contributed by atoms with E-state index < -0.39 is 0 Å². The number of halogens is 1. The Morgan fingerprint density at radius 1 is 1.08 bits per heavy atom. The molecule has 0 saturated carbocycles. The second-order valence-electron chi connectivity index (χ2n) is 6.09. The highest BCUT2D eigenvalue weighted by molar-refractivity contribution is 5.35. The molecule has 7 heteroatoms. The van der Waals surface area contributed by atoms with E-state index in [4.69, 9.17) is 0 Å². The number of nitrogens with one attached hydrogen (secondary N) is 2. The van der Waals surface area contributed by atoms with E-state index in [9.17, 15) is 9.18 Å². The maximum atomic E-state index is 13.8.